The Hall–Kier alpha value is -2.49. The lowest BCUT2D eigenvalue weighted by molar-refractivity contribution is -0.385. The summed E-state index contributed by atoms with van der Waals surface area (Å²) in [7, 11) is 0. The second-order valence-electron chi connectivity index (χ2n) is 5.39. The number of carbonyl (C=O) groups is 1. The van der Waals surface area contributed by atoms with Gasteiger partial charge < -0.3 is 4.90 Å². The van der Waals surface area contributed by atoms with E-state index in [4.69, 9.17) is 5.26 Å². The highest BCUT2D eigenvalue weighted by atomic mass is 19.1. The van der Waals surface area contributed by atoms with Crippen LogP contribution in [-0.4, -0.2) is 28.8 Å². The number of carbonyl (C=O) groups excluding carboxylic acids is 1. The van der Waals surface area contributed by atoms with E-state index in [1.807, 2.05) is 6.92 Å². The van der Waals surface area contributed by atoms with E-state index in [2.05, 4.69) is 6.07 Å². The quantitative estimate of drug-likeness (QED) is 0.618. The number of nitro benzene ring substituents is 1. The van der Waals surface area contributed by atoms with Crippen molar-refractivity contribution in [2.24, 2.45) is 5.41 Å². The smallest absolute Gasteiger partial charge is 0.272 e. The van der Waals surface area contributed by atoms with Crippen LogP contribution in [0.1, 0.15) is 30.1 Å². The van der Waals surface area contributed by atoms with Gasteiger partial charge in [-0.2, -0.15) is 5.26 Å². The van der Waals surface area contributed by atoms with E-state index in [1.54, 1.807) is 0 Å². The predicted molar refractivity (Wildman–Crippen MR) is 71.9 cm³/mol. The number of nitrogens with zero attached hydrogens (tertiary/aromatic N) is 3. The standard InChI is InChI=1S/C14H14FN3O3/c1-14(9-16)4-6-17(7-5-14)13(19)11-3-2-10(18(20)21)8-12(11)15/h2-3,8H,4-7H2,1H3. The number of non-ortho nitro benzene ring substituents is 1. The summed E-state index contributed by atoms with van der Waals surface area (Å²) < 4.78 is 13.8. The van der Waals surface area contributed by atoms with Crippen LogP contribution in [0.3, 0.4) is 0 Å². The lowest BCUT2D eigenvalue weighted by Gasteiger charge is -2.35. The number of nitriles is 1. The molecule has 0 saturated carbocycles. The Morgan fingerprint density at radius 3 is 2.57 bits per heavy atom. The zero-order valence-corrected chi connectivity index (χ0v) is 11.5. The topological polar surface area (TPSA) is 87.2 Å². The molecule has 1 aliphatic heterocycles. The van der Waals surface area contributed by atoms with Gasteiger partial charge in [0.1, 0.15) is 5.82 Å². The highest BCUT2D eigenvalue weighted by Gasteiger charge is 2.32. The van der Waals surface area contributed by atoms with Crippen molar-refractivity contribution in [2.45, 2.75) is 19.8 Å². The van der Waals surface area contributed by atoms with E-state index in [1.165, 1.54) is 4.90 Å². The minimum Gasteiger partial charge on any atom is -0.338 e. The SMILES string of the molecule is CC1(C#N)CCN(C(=O)c2ccc([N+](=O)[O-])cc2F)CC1. The van der Waals surface area contributed by atoms with Gasteiger partial charge in [0, 0.05) is 19.2 Å². The van der Waals surface area contributed by atoms with E-state index in [-0.39, 0.29) is 11.3 Å². The van der Waals surface area contributed by atoms with Crippen LogP contribution in [0, 0.1) is 32.7 Å². The van der Waals surface area contributed by atoms with E-state index < -0.39 is 22.1 Å². The Balaban J connectivity index is 2.15. The first-order valence-electron chi connectivity index (χ1n) is 6.51. The summed E-state index contributed by atoms with van der Waals surface area (Å²) in [6.07, 6.45) is 1.06. The molecule has 2 rings (SSSR count). The third-order valence-electron chi connectivity index (χ3n) is 3.82. The molecule has 1 aromatic carbocycles. The average molecular weight is 291 g/mol. The summed E-state index contributed by atoms with van der Waals surface area (Å²) in [4.78, 5) is 23.6. The summed E-state index contributed by atoms with van der Waals surface area (Å²) in [5, 5.41) is 19.6. The number of benzene rings is 1. The van der Waals surface area contributed by atoms with Crippen LogP contribution in [0.5, 0.6) is 0 Å². The Bertz CT molecular complexity index is 631. The molecule has 0 aliphatic carbocycles. The van der Waals surface area contributed by atoms with E-state index in [9.17, 15) is 19.3 Å². The fraction of sp³-hybridized carbons (Fsp3) is 0.429. The first-order chi connectivity index (χ1) is 9.86. The number of hydrogen-bond donors (Lipinski definition) is 0. The predicted octanol–water partition coefficient (Wildman–Crippen LogP) is 2.50. The number of rotatable bonds is 2. The van der Waals surface area contributed by atoms with Gasteiger partial charge >= 0.3 is 0 Å². The van der Waals surface area contributed by atoms with Gasteiger partial charge in [-0.3, -0.25) is 14.9 Å². The van der Waals surface area contributed by atoms with E-state index in [0.717, 1.165) is 18.2 Å². The molecule has 0 unspecified atom stereocenters. The lowest BCUT2D eigenvalue weighted by Crippen LogP contribution is -2.41. The minimum absolute atomic E-state index is 0.179. The van der Waals surface area contributed by atoms with Crippen LogP contribution in [0.2, 0.25) is 0 Å². The molecule has 1 aliphatic rings. The zero-order chi connectivity index (χ0) is 15.6. The van der Waals surface area contributed by atoms with Crippen LogP contribution in [0.4, 0.5) is 10.1 Å². The molecule has 0 N–H and O–H groups in total. The maximum absolute atomic E-state index is 13.8. The summed E-state index contributed by atoms with van der Waals surface area (Å²) in [5.74, 6) is -1.40. The van der Waals surface area contributed by atoms with Crippen molar-refractivity contribution in [2.75, 3.05) is 13.1 Å². The molecule has 0 radical (unpaired) electrons. The lowest BCUT2D eigenvalue weighted by atomic mass is 9.82. The number of amides is 1. The minimum atomic E-state index is -0.900. The fourth-order valence-electron chi connectivity index (χ4n) is 2.28. The number of hydrogen-bond acceptors (Lipinski definition) is 4. The van der Waals surface area contributed by atoms with Gasteiger partial charge in [-0.1, -0.05) is 0 Å². The molecule has 0 aromatic heterocycles. The third kappa shape index (κ3) is 2.99. The first kappa shape index (κ1) is 14.9. The largest absolute Gasteiger partial charge is 0.338 e. The van der Waals surface area contributed by atoms with Gasteiger partial charge in [-0.15, -0.1) is 0 Å². The molecule has 1 fully saturated rings. The van der Waals surface area contributed by atoms with Gasteiger partial charge in [0.05, 0.1) is 28.0 Å². The highest BCUT2D eigenvalue weighted by molar-refractivity contribution is 5.94. The van der Waals surface area contributed by atoms with Gasteiger partial charge in [0.25, 0.3) is 11.6 Å². The molecule has 0 spiro atoms. The molecule has 1 aromatic rings. The summed E-state index contributed by atoms with van der Waals surface area (Å²) in [5.41, 5.74) is -1.02. The molecular weight excluding hydrogens is 277 g/mol. The molecule has 1 heterocycles. The fourth-order valence-corrected chi connectivity index (χ4v) is 2.28. The number of likely N-dealkylation sites (tertiary alicyclic amines) is 1. The van der Waals surface area contributed by atoms with Crippen LogP contribution >= 0.6 is 0 Å². The van der Waals surface area contributed by atoms with E-state index >= 15 is 0 Å². The zero-order valence-electron chi connectivity index (χ0n) is 11.5. The van der Waals surface area contributed by atoms with Gasteiger partial charge in [-0.25, -0.2) is 4.39 Å². The van der Waals surface area contributed by atoms with Crippen molar-refractivity contribution < 1.29 is 14.1 Å². The molecule has 6 nitrogen and oxygen atoms in total. The van der Waals surface area contributed by atoms with Gasteiger partial charge in [0.15, 0.2) is 0 Å². The number of piperidine rings is 1. The first-order valence-corrected chi connectivity index (χ1v) is 6.51. The Morgan fingerprint density at radius 2 is 2.10 bits per heavy atom. The van der Waals surface area contributed by atoms with Crippen LogP contribution in [-0.2, 0) is 0 Å². The van der Waals surface area contributed by atoms with Crippen molar-refractivity contribution in [1.29, 1.82) is 5.26 Å². The Labute approximate surface area is 120 Å². The van der Waals surface area contributed by atoms with Crippen LogP contribution < -0.4 is 0 Å². The molecule has 110 valence electrons. The monoisotopic (exact) mass is 291 g/mol. The van der Waals surface area contributed by atoms with Crippen LogP contribution in [0.15, 0.2) is 18.2 Å². The number of halogens is 1. The van der Waals surface area contributed by atoms with Crippen molar-refractivity contribution in [3.63, 3.8) is 0 Å². The van der Waals surface area contributed by atoms with Crippen molar-refractivity contribution in [3.05, 3.63) is 39.7 Å². The van der Waals surface area contributed by atoms with Crippen molar-refractivity contribution >= 4 is 11.6 Å². The Kier molecular flexibility index (Phi) is 3.89. The van der Waals surface area contributed by atoms with Crippen molar-refractivity contribution in [3.8, 4) is 6.07 Å². The third-order valence-corrected chi connectivity index (χ3v) is 3.82. The molecule has 1 amide bonds. The average Bonchev–Trinajstić information content (AvgIpc) is 2.47. The Morgan fingerprint density at radius 1 is 1.48 bits per heavy atom. The highest BCUT2D eigenvalue weighted by Crippen LogP contribution is 2.30. The second-order valence-corrected chi connectivity index (χ2v) is 5.39. The molecule has 0 atom stereocenters. The molecule has 7 heteroatoms. The van der Waals surface area contributed by atoms with Crippen LogP contribution in [0.25, 0.3) is 0 Å². The summed E-state index contributed by atoms with van der Waals surface area (Å²) in [6, 6.07) is 5.21. The van der Waals surface area contributed by atoms with Gasteiger partial charge in [-0.05, 0) is 25.8 Å². The molecular formula is C14H14FN3O3. The van der Waals surface area contributed by atoms with E-state index in [0.29, 0.717) is 25.9 Å². The normalized spacial score (nSPS) is 17.1. The number of nitro groups is 1. The summed E-state index contributed by atoms with van der Waals surface area (Å²) >= 11 is 0. The molecule has 21 heavy (non-hydrogen) atoms. The molecule has 0 bridgehead atoms. The maximum Gasteiger partial charge on any atom is 0.272 e. The second kappa shape index (κ2) is 5.48. The molecule has 1 saturated heterocycles. The summed E-state index contributed by atoms with van der Waals surface area (Å²) in [6.45, 7) is 2.58. The van der Waals surface area contributed by atoms with Crippen molar-refractivity contribution in [1.82, 2.24) is 4.90 Å². The van der Waals surface area contributed by atoms with Gasteiger partial charge in [0.2, 0.25) is 0 Å². The maximum atomic E-state index is 13.8.